The summed E-state index contributed by atoms with van der Waals surface area (Å²) in [6.07, 6.45) is 2.99. The van der Waals surface area contributed by atoms with Crippen LogP contribution in [-0.2, 0) is 6.61 Å². The molecule has 4 aromatic rings. The number of amides is 1. The van der Waals surface area contributed by atoms with E-state index in [0.717, 1.165) is 6.07 Å². The van der Waals surface area contributed by atoms with Crippen molar-refractivity contribution in [3.05, 3.63) is 110 Å². The van der Waals surface area contributed by atoms with Gasteiger partial charge in [-0.25, -0.2) is 0 Å². The second kappa shape index (κ2) is 10.5. The highest BCUT2D eigenvalue weighted by molar-refractivity contribution is 6.32. The van der Waals surface area contributed by atoms with Crippen molar-refractivity contribution < 1.29 is 28.5 Å². The van der Waals surface area contributed by atoms with Crippen LogP contribution in [0.5, 0.6) is 17.2 Å². The lowest BCUT2D eigenvalue weighted by Gasteiger charge is -2.09. The molecule has 2 aromatic carbocycles. The van der Waals surface area contributed by atoms with E-state index >= 15 is 0 Å². The quantitative estimate of drug-likeness (QED) is 0.218. The zero-order valence-corrected chi connectivity index (χ0v) is 18.9. The van der Waals surface area contributed by atoms with Crippen LogP contribution in [0.4, 0.5) is 17.1 Å². The molecule has 0 aliphatic rings. The van der Waals surface area contributed by atoms with Gasteiger partial charge in [0, 0.05) is 30.5 Å². The lowest BCUT2D eigenvalue weighted by Crippen LogP contribution is -2.11. The minimum absolute atomic E-state index is 0.0451. The summed E-state index contributed by atoms with van der Waals surface area (Å²) in [6, 6.07) is 13.7. The smallest absolute Gasteiger partial charge is 0.291 e. The average Bonchev–Trinajstić information content (AvgIpc) is 3.33. The summed E-state index contributed by atoms with van der Waals surface area (Å²) in [5.74, 6) is 0.212. The lowest BCUT2D eigenvalue weighted by molar-refractivity contribution is -0.385. The number of pyridine rings is 1. The number of hydrogen-bond donors (Lipinski definition) is 1. The number of nitro groups is 2. The number of aromatic nitrogens is 1. The van der Waals surface area contributed by atoms with E-state index in [1.807, 2.05) is 0 Å². The van der Waals surface area contributed by atoms with Gasteiger partial charge in [-0.05, 0) is 30.3 Å². The third kappa shape index (κ3) is 5.93. The Hall–Kier alpha value is -4.97. The van der Waals surface area contributed by atoms with Crippen molar-refractivity contribution >= 4 is 34.6 Å². The number of rotatable bonds is 9. The first kappa shape index (κ1) is 24.2. The van der Waals surface area contributed by atoms with Crippen molar-refractivity contribution in [2.75, 3.05) is 5.32 Å². The number of ether oxygens (including phenoxy) is 2. The zero-order chi connectivity index (χ0) is 25.7. The van der Waals surface area contributed by atoms with E-state index in [4.69, 9.17) is 25.5 Å². The van der Waals surface area contributed by atoms with Crippen LogP contribution in [0.1, 0.15) is 16.3 Å². The number of halogens is 1. The molecule has 4 rings (SSSR count). The van der Waals surface area contributed by atoms with Crippen molar-refractivity contribution in [2.45, 2.75) is 6.61 Å². The van der Waals surface area contributed by atoms with Gasteiger partial charge in [-0.15, -0.1) is 0 Å². The number of furan rings is 1. The number of anilines is 1. The summed E-state index contributed by atoms with van der Waals surface area (Å²) < 4.78 is 16.6. The van der Waals surface area contributed by atoms with Crippen LogP contribution in [0.2, 0.25) is 5.02 Å². The van der Waals surface area contributed by atoms with Crippen molar-refractivity contribution in [3.8, 4) is 17.2 Å². The second-order valence-electron chi connectivity index (χ2n) is 7.14. The van der Waals surface area contributed by atoms with Crippen molar-refractivity contribution in [2.24, 2.45) is 0 Å². The summed E-state index contributed by atoms with van der Waals surface area (Å²) in [5.41, 5.74) is -0.361. The maximum atomic E-state index is 12.7. The normalized spacial score (nSPS) is 10.5. The molecule has 0 saturated heterocycles. The summed E-state index contributed by atoms with van der Waals surface area (Å²) in [7, 11) is 0. The molecule has 0 unspecified atom stereocenters. The SMILES string of the molecule is O=C(Nc1cc(Oc2cccnc2)cc([N+](=O)[O-])c1)c1ccc(COc2ccc([N+](=O)[O-])cc2Cl)o1. The minimum Gasteiger partial charge on any atom is -0.484 e. The topological polar surface area (TPSA) is 160 Å². The van der Waals surface area contributed by atoms with E-state index in [9.17, 15) is 25.0 Å². The first-order valence-corrected chi connectivity index (χ1v) is 10.5. The predicted octanol–water partition coefficient (Wildman–Crippen LogP) is 5.77. The van der Waals surface area contributed by atoms with E-state index in [-0.39, 0.29) is 51.7 Å². The highest BCUT2D eigenvalue weighted by atomic mass is 35.5. The molecule has 1 N–H and O–H groups in total. The van der Waals surface area contributed by atoms with Crippen LogP contribution >= 0.6 is 11.6 Å². The number of nitrogens with one attached hydrogen (secondary N) is 1. The summed E-state index contributed by atoms with van der Waals surface area (Å²) in [6.45, 7) is -0.106. The number of carbonyl (C=O) groups is 1. The predicted molar refractivity (Wildman–Crippen MR) is 127 cm³/mol. The number of nitro benzene ring substituents is 2. The molecule has 36 heavy (non-hydrogen) atoms. The van der Waals surface area contributed by atoms with Crippen LogP contribution in [0.25, 0.3) is 0 Å². The van der Waals surface area contributed by atoms with Crippen LogP contribution in [0, 0.1) is 20.2 Å². The monoisotopic (exact) mass is 510 g/mol. The summed E-state index contributed by atoms with van der Waals surface area (Å²) in [4.78, 5) is 37.5. The molecule has 0 aliphatic heterocycles. The number of hydrogen-bond acceptors (Lipinski definition) is 9. The van der Waals surface area contributed by atoms with E-state index in [0.29, 0.717) is 5.75 Å². The standard InChI is InChI=1S/C23H15ClN4O8/c24-20-11-15(27(30)31)3-5-21(20)34-13-18-4-6-22(36-18)23(29)26-14-8-16(28(32)33)10-19(9-14)35-17-2-1-7-25-12-17/h1-12H,13H2,(H,26,29). The third-order valence-corrected chi connectivity index (χ3v) is 4.91. The average molecular weight is 511 g/mol. The molecule has 0 radical (unpaired) electrons. The maximum absolute atomic E-state index is 12.7. The Labute approximate surface area is 207 Å². The molecule has 12 nitrogen and oxygen atoms in total. The Morgan fingerprint density at radius 3 is 2.50 bits per heavy atom. The van der Waals surface area contributed by atoms with Crippen molar-refractivity contribution in [3.63, 3.8) is 0 Å². The Bertz CT molecular complexity index is 1440. The van der Waals surface area contributed by atoms with Gasteiger partial charge in [0.15, 0.2) is 5.76 Å². The van der Waals surface area contributed by atoms with Crippen LogP contribution in [0.3, 0.4) is 0 Å². The van der Waals surface area contributed by atoms with Gasteiger partial charge in [0.25, 0.3) is 17.3 Å². The fourth-order valence-electron chi connectivity index (χ4n) is 3.00. The Balaban J connectivity index is 1.44. The third-order valence-electron chi connectivity index (χ3n) is 4.61. The molecule has 0 atom stereocenters. The molecule has 0 saturated carbocycles. The van der Waals surface area contributed by atoms with Gasteiger partial charge in [0.1, 0.15) is 29.6 Å². The molecule has 13 heteroatoms. The van der Waals surface area contributed by atoms with Gasteiger partial charge in [-0.3, -0.25) is 30.0 Å². The van der Waals surface area contributed by atoms with Gasteiger partial charge in [0.2, 0.25) is 0 Å². The fourth-order valence-corrected chi connectivity index (χ4v) is 3.23. The first-order chi connectivity index (χ1) is 17.3. The maximum Gasteiger partial charge on any atom is 0.291 e. The molecular formula is C23H15ClN4O8. The summed E-state index contributed by atoms with van der Waals surface area (Å²) >= 11 is 6.00. The molecule has 182 valence electrons. The van der Waals surface area contributed by atoms with Crippen LogP contribution in [0.15, 0.2) is 77.5 Å². The largest absolute Gasteiger partial charge is 0.484 e. The molecule has 0 fully saturated rings. The minimum atomic E-state index is -0.664. The van der Waals surface area contributed by atoms with Gasteiger partial charge in [-0.2, -0.15) is 0 Å². The number of carbonyl (C=O) groups excluding carboxylic acids is 1. The number of nitrogens with zero attached hydrogens (tertiary/aromatic N) is 3. The van der Waals surface area contributed by atoms with Crippen LogP contribution in [-0.4, -0.2) is 20.7 Å². The van der Waals surface area contributed by atoms with E-state index in [1.54, 1.807) is 18.3 Å². The van der Waals surface area contributed by atoms with Gasteiger partial charge < -0.3 is 19.2 Å². The van der Waals surface area contributed by atoms with Gasteiger partial charge >= 0.3 is 0 Å². The van der Waals surface area contributed by atoms with Crippen LogP contribution < -0.4 is 14.8 Å². The van der Waals surface area contributed by atoms with Gasteiger partial charge in [-0.1, -0.05) is 11.6 Å². The first-order valence-electron chi connectivity index (χ1n) is 10.1. The van der Waals surface area contributed by atoms with E-state index < -0.39 is 15.8 Å². The Kier molecular flexibility index (Phi) is 7.07. The molecule has 2 heterocycles. The Morgan fingerprint density at radius 1 is 1.00 bits per heavy atom. The zero-order valence-electron chi connectivity index (χ0n) is 18.1. The fraction of sp³-hybridized carbons (Fsp3) is 0.0435. The highest BCUT2D eigenvalue weighted by Gasteiger charge is 2.17. The molecule has 2 aromatic heterocycles. The van der Waals surface area contributed by atoms with Crippen molar-refractivity contribution in [1.29, 1.82) is 0 Å². The number of benzene rings is 2. The van der Waals surface area contributed by atoms with Crippen molar-refractivity contribution in [1.82, 2.24) is 4.98 Å². The summed E-state index contributed by atoms with van der Waals surface area (Å²) in [5, 5.41) is 24.7. The Morgan fingerprint density at radius 2 is 1.81 bits per heavy atom. The van der Waals surface area contributed by atoms with E-state index in [2.05, 4.69) is 10.3 Å². The second-order valence-corrected chi connectivity index (χ2v) is 7.55. The molecule has 0 aliphatic carbocycles. The molecular weight excluding hydrogens is 496 g/mol. The lowest BCUT2D eigenvalue weighted by atomic mass is 10.2. The molecule has 1 amide bonds. The van der Waals surface area contributed by atoms with E-state index in [1.165, 1.54) is 48.7 Å². The molecule has 0 bridgehead atoms. The number of non-ortho nitro benzene ring substituents is 2. The highest BCUT2D eigenvalue weighted by Crippen LogP contribution is 2.31. The van der Waals surface area contributed by atoms with Gasteiger partial charge in [0.05, 0.1) is 32.8 Å². The molecule has 0 spiro atoms.